The number of aromatic nitrogens is 3. The van der Waals surface area contributed by atoms with Gasteiger partial charge in [-0.1, -0.05) is 29.3 Å². The van der Waals surface area contributed by atoms with Gasteiger partial charge in [-0.3, -0.25) is 9.59 Å². The predicted octanol–water partition coefficient (Wildman–Crippen LogP) is 5.07. The third-order valence-electron chi connectivity index (χ3n) is 5.23. The molecule has 4 aromatic rings. The monoisotopic (exact) mass is 515 g/mol. The Hall–Kier alpha value is -3.82. The summed E-state index contributed by atoms with van der Waals surface area (Å²) in [5.74, 6) is -2.64. The Kier molecular flexibility index (Phi) is 7.09. The minimum absolute atomic E-state index is 0.0766. The summed E-state index contributed by atoms with van der Waals surface area (Å²) < 4.78 is 28.6. The number of hydrogen-bond donors (Lipinski definition) is 3. The summed E-state index contributed by atoms with van der Waals surface area (Å²) in [5, 5.41) is 2.72. The van der Waals surface area contributed by atoms with Gasteiger partial charge in [0.25, 0.3) is 5.91 Å². The van der Waals surface area contributed by atoms with Gasteiger partial charge in [-0.25, -0.2) is 18.7 Å². The number of carbonyl (C=O) groups is 2. The molecule has 2 aromatic carbocycles. The van der Waals surface area contributed by atoms with Gasteiger partial charge in [0.15, 0.2) is 0 Å². The second kappa shape index (κ2) is 10.2. The van der Waals surface area contributed by atoms with Crippen LogP contribution in [0.25, 0.3) is 22.4 Å². The molecule has 11 heteroatoms. The maximum atomic E-state index is 15.0. The highest BCUT2D eigenvalue weighted by Crippen LogP contribution is 2.37. The number of nitrogens with zero attached hydrogens (tertiary/aromatic N) is 2. The summed E-state index contributed by atoms with van der Waals surface area (Å²) in [5.41, 5.74) is 7.07. The zero-order valence-corrected chi connectivity index (χ0v) is 19.4. The number of carbonyl (C=O) groups excluding carboxylic acids is 2. The molecule has 0 spiro atoms. The van der Waals surface area contributed by atoms with E-state index in [1.807, 2.05) is 0 Å². The van der Waals surface area contributed by atoms with Crippen LogP contribution < -0.4 is 11.1 Å². The molecule has 178 valence electrons. The molecule has 2 aromatic heterocycles. The first-order valence-corrected chi connectivity index (χ1v) is 11.0. The molecular weight excluding hydrogens is 499 g/mol. The summed E-state index contributed by atoms with van der Waals surface area (Å²) in [7, 11) is 0. The molecule has 4 N–H and O–H groups in total. The standard InChI is InChI=1S/C24H17Cl2F2N5O2/c25-14-2-3-15(19(28)6-14)22-16(10-32-23(22)13-8-30-11-31-9-13)24(35)33-20(7-21(29)34)12-1-4-18(27)17(26)5-12/h1-6,8-11,20,32H,7H2,(H2,29,34)(H,33,35)/t20-/m0/s1. The van der Waals surface area contributed by atoms with Crippen molar-refractivity contribution in [2.75, 3.05) is 0 Å². The van der Waals surface area contributed by atoms with Gasteiger partial charge in [0.2, 0.25) is 5.91 Å². The number of primary amides is 1. The Morgan fingerprint density at radius 3 is 2.46 bits per heavy atom. The molecule has 2 amide bonds. The second-order valence-electron chi connectivity index (χ2n) is 7.57. The number of benzene rings is 2. The van der Waals surface area contributed by atoms with Gasteiger partial charge >= 0.3 is 0 Å². The van der Waals surface area contributed by atoms with Crippen molar-refractivity contribution >= 4 is 35.0 Å². The Morgan fingerprint density at radius 2 is 1.80 bits per heavy atom. The third-order valence-corrected chi connectivity index (χ3v) is 5.76. The van der Waals surface area contributed by atoms with Crippen LogP contribution >= 0.6 is 23.2 Å². The van der Waals surface area contributed by atoms with Crippen LogP contribution in [0.2, 0.25) is 10.0 Å². The first-order valence-electron chi connectivity index (χ1n) is 10.2. The fraction of sp³-hybridized carbons (Fsp3) is 0.0833. The summed E-state index contributed by atoms with van der Waals surface area (Å²) >= 11 is 11.8. The molecule has 0 fully saturated rings. The maximum Gasteiger partial charge on any atom is 0.253 e. The van der Waals surface area contributed by atoms with Crippen LogP contribution in [0.1, 0.15) is 28.4 Å². The smallest absolute Gasteiger partial charge is 0.253 e. The lowest BCUT2D eigenvalue weighted by atomic mass is 9.97. The molecule has 35 heavy (non-hydrogen) atoms. The van der Waals surface area contributed by atoms with E-state index < -0.39 is 29.5 Å². The minimum atomic E-state index is -0.917. The van der Waals surface area contributed by atoms with Gasteiger partial charge in [-0.05, 0) is 35.9 Å². The van der Waals surface area contributed by atoms with E-state index >= 15 is 0 Å². The zero-order valence-electron chi connectivity index (χ0n) is 17.9. The van der Waals surface area contributed by atoms with Crippen LogP contribution in [0.3, 0.4) is 0 Å². The summed E-state index contributed by atoms with van der Waals surface area (Å²) in [6.45, 7) is 0. The first-order chi connectivity index (χ1) is 16.7. The number of aromatic amines is 1. The van der Waals surface area contributed by atoms with E-state index in [4.69, 9.17) is 28.9 Å². The molecule has 2 heterocycles. The number of halogens is 4. The highest BCUT2D eigenvalue weighted by Gasteiger charge is 2.26. The molecule has 0 saturated carbocycles. The molecule has 0 aliphatic heterocycles. The molecule has 0 aliphatic rings. The topological polar surface area (TPSA) is 114 Å². The Morgan fingerprint density at radius 1 is 1.06 bits per heavy atom. The Bertz CT molecular complexity index is 1410. The average Bonchev–Trinajstić information content (AvgIpc) is 3.26. The molecule has 0 aliphatic carbocycles. The van der Waals surface area contributed by atoms with E-state index in [0.717, 1.165) is 12.1 Å². The number of nitrogens with two attached hydrogens (primary N) is 1. The van der Waals surface area contributed by atoms with Crippen molar-refractivity contribution < 1.29 is 18.4 Å². The fourth-order valence-corrected chi connectivity index (χ4v) is 4.00. The van der Waals surface area contributed by atoms with Gasteiger partial charge in [0.05, 0.1) is 28.7 Å². The van der Waals surface area contributed by atoms with Crippen LogP contribution in [0, 0.1) is 11.6 Å². The zero-order chi connectivity index (χ0) is 25.1. The van der Waals surface area contributed by atoms with Crippen molar-refractivity contribution in [2.45, 2.75) is 12.5 Å². The number of hydrogen-bond acceptors (Lipinski definition) is 4. The highest BCUT2D eigenvalue weighted by atomic mass is 35.5. The van der Waals surface area contributed by atoms with E-state index in [9.17, 15) is 18.4 Å². The summed E-state index contributed by atoms with van der Waals surface area (Å²) in [4.78, 5) is 36.0. The summed E-state index contributed by atoms with van der Waals surface area (Å²) in [6, 6.07) is 6.97. The van der Waals surface area contributed by atoms with Crippen LogP contribution in [0.5, 0.6) is 0 Å². The molecule has 0 radical (unpaired) electrons. The quantitative estimate of drug-likeness (QED) is 0.318. The number of H-pyrrole nitrogens is 1. The highest BCUT2D eigenvalue weighted by molar-refractivity contribution is 6.31. The minimum Gasteiger partial charge on any atom is -0.370 e. The van der Waals surface area contributed by atoms with Gasteiger partial charge in [0.1, 0.15) is 18.0 Å². The van der Waals surface area contributed by atoms with Crippen LogP contribution in [-0.2, 0) is 4.79 Å². The average molecular weight is 516 g/mol. The van der Waals surface area contributed by atoms with Crippen LogP contribution in [0.15, 0.2) is 61.3 Å². The Balaban J connectivity index is 1.79. The second-order valence-corrected chi connectivity index (χ2v) is 8.42. The van der Waals surface area contributed by atoms with Crippen molar-refractivity contribution in [3.63, 3.8) is 0 Å². The normalized spacial score (nSPS) is 11.8. The molecule has 0 saturated heterocycles. The van der Waals surface area contributed by atoms with E-state index in [1.165, 1.54) is 49.2 Å². The lowest BCUT2D eigenvalue weighted by Gasteiger charge is -2.19. The SMILES string of the molecule is NC(=O)C[C@H](NC(=O)c1c[nH]c(-c2cncnc2)c1-c1ccc(Cl)cc1F)c1ccc(F)c(Cl)c1. The largest absolute Gasteiger partial charge is 0.370 e. The van der Waals surface area contributed by atoms with Crippen LogP contribution in [-0.4, -0.2) is 26.8 Å². The first kappa shape index (κ1) is 24.3. The van der Waals surface area contributed by atoms with E-state index in [0.29, 0.717) is 16.8 Å². The summed E-state index contributed by atoms with van der Waals surface area (Å²) in [6.07, 6.45) is 5.48. The van der Waals surface area contributed by atoms with E-state index in [1.54, 1.807) is 0 Å². The molecule has 0 bridgehead atoms. The predicted molar refractivity (Wildman–Crippen MR) is 128 cm³/mol. The Labute approximate surface area is 208 Å². The van der Waals surface area contributed by atoms with Crippen molar-refractivity contribution in [1.82, 2.24) is 20.3 Å². The number of amides is 2. The fourth-order valence-electron chi connectivity index (χ4n) is 3.65. The third kappa shape index (κ3) is 5.31. The number of rotatable bonds is 7. The van der Waals surface area contributed by atoms with Crippen molar-refractivity contribution in [3.05, 3.63) is 94.1 Å². The van der Waals surface area contributed by atoms with Gasteiger partial charge < -0.3 is 16.0 Å². The van der Waals surface area contributed by atoms with Crippen molar-refractivity contribution in [3.8, 4) is 22.4 Å². The molecule has 4 rings (SSSR count). The lowest BCUT2D eigenvalue weighted by molar-refractivity contribution is -0.118. The molecular formula is C24H17Cl2F2N5O2. The van der Waals surface area contributed by atoms with Crippen molar-refractivity contribution in [2.24, 2.45) is 5.73 Å². The van der Waals surface area contributed by atoms with E-state index in [-0.39, 0.29) is 33.2 Å². The molecule has 7 nitrogen and oxygen atoms in total. The molecule has 1 atom stereocenters. The maximum absolute atomic E-state index is 15.0. The van der Waals surface area contributed by atoms with Gasteiger partial charge in [-0.2, -0.15) is 0 Å². The van der Waals surface area contributed by atoms with Crippen LogP contribution in [0.4, 0.5) is 8.78 Å². The van der Waals surface area contributed by atoms with E-state index in [2.05, 4.69) is 20.3 Å². The molecule has 0 unspecified atom stereocenters. The van der Waals surface area contributed by atoms with Crippen molar-refractivity contribution in [1.29, 1.82) is 0 Å². The van der Waals surface area contributed by atoms with Gasteiger partial charge in [0, 0.05) is 40.3 Å². The lowest BCUT2D eigenvalue weighted by Crippen LogP contribution is -2.32. The van der Waals surface area contributed by atoms with Gasteiger partial charge in [-0.15, -0.1) is 0 Å². The number of nitrogens with one attached hydrogen (secondary N) is 2.